The Morgan fingerprint density at radius 1 is 1.03 bits per heavy atom. The van der Waals surface area contributed by atoms with Crippen molar-refractivity contribution in [3.8, 4) is 11.3 Å². The fourth-order valence-electron chi connectivity index (χ4n) is 3.97. The molecule has 0 aliphatic rings. The van der Waals surface area contributed by atoms with Crippen LogP contribution in [0.4, 0.5) is 0 Å². The number of carbonyl (C=O) groups excluding carboxylic acids is 2. The molecular weight excluding hydrogens is 414 g/mol. The van der Waals surface area contributed by atoms with Gasteiger partial charge >= 0.3 is 5.97 Å². The summed E-state index contributed by atoms with van der Waals surface area (Å²) in [5, 5.41) is 3.72. The predicted octanol–water partition coefficient (Wildman–Crippen LogP) is 4.15. The third-order valence-corrected chi connectivity index (χ3v) is 5.52. The van der Waals surface area contributed by atoms with Gasteiger partial charge in [-0.2, -0.15) is 0 Å². The third-order valence-electron chi connectivity index (χ3n) is 5.52. The number of fused-ring (bicyclic) bond motifs is 1. The zero-order chi connectivity index (χ0) is 23.2. The molecule has 0 saturated heterocycles. The van der Waals surface area contributed by atoms with Crippen LogP contribution >= 0.6 is 0 Å². The van der Waals surface area contributed by atoms with Gasteiger partial charge in [-0.15, -0.1) is 0 Å². The van der Waals surface area contributed by atoms with Crippen LogP contribution in [0.25, 0.3) is 28.4 Å². The van der Waals surface area contributed by atoms with Crippen molar-refractivity contribution in [2.45, 2.75) is 12.5 Å². The van der Waals surface area contributed by atoms with E-state index >= 15 is 0 Å². The van der Waals surface area contributed by atoms with Crippen molar-refractivity contribution in [3.63, 3.8) is 0 Å². The lowest BCUT2D eigenvalue weighted by Crippen LogP contribution is -2.42. The number of nitrogens with one attached hydrogen (secondary N) is 1. The highest BCUT2D eigenvalue weighted by molar-refractivity contribution is 6.01. The second-order valence-electron chi connectivity index (χ2n) is 7.67. The fourth-order valence-corrected chi connectivity index (χ4v) is 3.97. The number of amides is 1. The maximum Gasteiger partial charge on any atom is 0.328 e. The molecule has 0 aliphatic carbocycles. The summed E-state index contributed by atoms with van der Waals surface area (Å²) in [5.74, 6) is -0.860. The van der Waals surface area contributed by atoms with Crippen LogP contribution in [0.2, 0.25) is 0 Å². The first-order valence-corrected chi connectivity index (χ1v) is 10.7. The van der Waals surface area contributed by atoms with Crippen LogP contribution in [-0.2, 0) is 27.8 Å². The van der Waals surface area contributed by atoms with Gasteiger partial charge in [-0.05, 0) is 29.3 Å². The number of aryl methyl sites for hydroxylation is 1. The molecule has 166 valence electrons. The van der Waals surface area contributed by atoms with E-state index in [1.54, 1.807) is 12.3 Å². The maximum atomic E-state index is 12.8. The van der Waals surface area contributed by atoms with E-state index in [0.29, 0.717) is 6.42 Å². The molecule has 1 amide bonds. The van der Waals surface area contributed by atoms with E-state index < -0.39 is 12.0 Å². The van der Waals surface area contributed by atoms with E-state index in [4.69, 9.17) is 4.74 Å². The van der Waals surface area contributed by atoms with E-state index in [0.717, 1.165) is 33.4 Å². The summed E-state index contributed by atoms with van der Waals surface area (Å²) >= 11 is 0. The highest BCUT2D eigenvalue weighted by Gasteiger charge is 2.21. The minimum atomic E-state index is -0.780. The van der Waals surface area contributed by atoms with Gasteiger partial charge in [0.2, 0.25) is 5.91 Å². The summed E-state index contributed by atoms with van der Waals surface area (Å²) in [7, 11) is 3.28. The van der Waals surface area contributed by atoms with Crippen molar-refractivity contribution in [1.29, 1.82) is 0 Å². The lowest BCUT2D eigenvalue weighted by atomic mass is 10.0. The molecule has 0 aliphatic heterocycles. The molecule has 1 N–H and O–H groups in total. The first-order chi connectivity index (χ1) is 16.1. The first-order valence-electron chi connectivity index (χ1n) is 10.7. The highest BCUT2D eigenvalue weighted by atomic mass is 16.5. The number of esters is 1. The van der Waals surface area contributed by atoms with Crippen molar-refractivity contribution in [2.24, 2.45) is 7.05 Å². The van der Waals surface area contributed by atoms with E-state index in [9.17, 15) is 9.59 Å². The number of methoxy groups -OCH3 is 1. The van der Waals surface area contributed by atoms with Gasteiger partial charge in [0.25, 0.3) is 0 Å². The lowest BCUT2D eigenvalue weighted by molar-refractivity contribution is -0.144. The number of ether oxygens (including phenoxy) is 1. The van der Waals surface area contributed by atoms with Crippen molar-refractivity contribution >= 4 is 29.0 Å². The number of hydrogen-bond donors (Lipinski definition) is 1. The summed E-state index contributed by atoms with van der Waals surface area (Å²) in [4.78, 5) is 29.6. The minimum absolute atomic E-state index is 0.348. The molecule has 4 rings (SSSR count). The van der Waals surface area contributed by atoms with Gasteiger partial charge in [0.1, 0.15) is 11.7 Å². The molecule has 2 aromatic carbocycles. The number of aromatic nitrogens is 2. The molecule has 0 unspecified atom stereocenters. The van der Waals surface area contributed by atoms with Crippen molar-refractivity contribution < 1.29 is 14.3 Å². The summed E-state index contributed by atoms with van der Waals surface area (Å²) in [6.07, 6.45) is 5.33. The van der Waals surface area contributed by atoms with Gasteiger partial charge in [0, 0.05) is 36.7 Å². The lowest BCUT2D eigenvalue weighted by Gasteiger charge is -2.15. The summed E-state index contributed by atoms with van der Waals surface area (Å²) < 4.78 is 6.92. The van der Waals surface area contributed by atoms with Gasteiger partial charge in [-0.25, -0.2) is 9.78 Å². The highest BCUT2D eigenvalue weighted by Crippen LogP contribution is 2.32. The molecule has 33 heavy (non-hydrogen) atoms. The van der Waals surface area contributed by atoms with Crippen molar-refractivity contribution in [2.75, 3.05) is 7.11 Å². The van der Waals surface area contributed by atoms with Crippen LogP contribution in [0.1, 0.15) is 11.1 Å². The number of pyridine rings is 1. The van der Waals surface area contributed by atoms with Gasteiger partial charge in [-0.3, -0.25) is 4.79 Å². The molecule has 2 aromatic heterocycles. The molecule has 0 bridgehead atoms. The van der Waals surface area contributed by atoms with Crippen LogP contribution in [0.15, 0.2) is 85.1 Å². The number of rotatable bonds is 7. The Bertz CT molecular complexity index is 1290. The van der Waals surface area contributed by atoms with Gasteiger partial charge in [0.05, 0.1) is 12.8 Å². The van der Waals surface area contributed by atoms with Crippen LogP contribution in [0, 0.1) is 0 Å². The number of hydrogen-bond acceptors (Lipinski definition) is 4. The third kappa shape index (κ3) is 4.85. The quantitative estimate of drug-likeness (QED) is 0.347. The molecule has 1 atom stereocenters. The van der Waals surface area contributed by atoms with Gasteiger partial charge < -0.3 is 14.6 Å². The predicted molar refractivity (Wildman–Crippen MR) is 129 cm³/mol. The van der Waals surface area contributed by atoms with Gasteiger partial charge in [-0.1, -0.05) is 60.7 Å². The first kappa shape index (κ1) is 22.0. The minimum Gasteiger partial charge on any atom is -0.467 e. The van der Waals surface area contributed by atoms with Crippen molar-refractivity contribution in [1.82, 2.24) is 14.9 Å². The Morgan fingerprint density at radius 2 is 1.73 bits per heavy atom. The molecule has 4 aromatic rings. The van der Waals surface area contributed by atoms with Crippen LogP contribution in [0.3, 0.4) is 0 Å². The van der Waals surface area contributed by atoms with Crippen molar-refractivity contribution in [3.05, 3.63) is 96.2 Å². The molecule has 6 nitrogen and oxygen atoms in total. The normalized spacial score (nSPS) is 12.1. The molecule has 0 fully saturated rings. The summed E-state index contributed by atoms with van der Waals surface area (Å²) in [5.41, 5.74) is 4.63. The number of carbonyl (C=O) groups is 2. The Labute approximate surface area is 192 Å². The average Bonchev–Trinajstić information content (AvgIpc) is 3.14. The van der Waals surface area contributed by atoms with E-state index in [-0.39, 0.29) is 5.91 Å². The van der Waals surface area contributed by atoms with Crippen LogP contribution in [0.5, 0.6) is 0 Å². The molecular formula is C27H25N3O3. The standard InChI is InChI=1S/C27H25N3O3/c1-30-25(20-12-7-4-8-13-20)21(22-14-9-17-28-26(22)30)15-16-24(31)29-23(27(32)33-2)18-19-10-5-3-6-11-19/h3-17,23H,18H2,1-2H3,(H,29,31)/b16-15+/t23-/m1/s1. The smallest absolute Gasteiger partial charge is 0.328 e. The maximum absolute atomic E-state index is 12.8. The van der Waals surface area contributed by atoms with E-state index in [2.05, 4.69) is 10.3 Å². The van der Waals surface area contributed by atoms with Gasteiger partial charge in [0.15, 0.2) is 0 Å². The van der Waals surface area contributed by atoms with E-state index in [1.807, 2.05) is 84.4 Å². The molecule has 0 saturated carbocycles. The SMILES string of the molecule is COC(=O)[C@@H](Cc1ccccc1)NC(=O)/C=C/c1c(-c2ccccc2)n(C)c2ncccc12. The largest absolute Gasteiger partial charge is 0.467 e. The van der Waals surface area contributed by atoms with Crippen LogP contribution in [-0.4, -0.2) is 34.6 Å². The summed E-state index contributed by atoms with van der Waals surface area (Å²) in [6, 6.07) is 22.6. The summed E-state index contributed by atoms with van der Waals surface area (Å²) in [6.45, 7) is 0. The average molecular weight is 440 g/mol. The number of nitrogens with zero attached hydrogens (tertiary/aromatic N) is 2. The molecule has 0 spiro atoms. The zero-order valence-electron chi connectivity index (χ0n) is 18.6. The number of benzene rings is 2. The Balaban J connectivity index is 1.63. The van der Waals surface area contributed by atoms with Crippen LogP contribution < -0.4 is 5.32 Å². The van der Waals surface area contributed by atoms with E-state index in [1.165, 1.54) is 13.2 Å². The molecule has 0 radical (unpaired) electrons. The zero-order valence-corrected chi connectivity index (χ0v) is 18.6. The Morgan fingerprint density at radius 3 is 2.42 bits per heavy atom. The Hall–Kier alpha value is -4.19. The monoisotopic (exact) mass is 439 g/mol. The molecule has 6 heteroatoms. The molecule has 2 heterocycles. The second-order valence-corrected chi connectivity index (χ2v) is 7.67. The fraction of sp³-hybridized carbons (Fsp3) is 0.148. The topological polar surface area (TPSA) is 73.2 Å². The Kier molecular flexibility index (Phi) is 6.64. The second kappa shape index (κ2) is 9.96.